The Hall–Kier alpha value is -0.120. The zero-order chi connectivity index (χ0) is 7.11. The number of ether oxygens (including phenoxy) is 3. The molecule has 0 amide bonds. The molecule has 0 aromatic carbocycles. The Balaban J connectivity index is 3.09. The molecule has 0 radical (unpaired) electrons. The van der Waals surface area contributed by atoms with Crippen LogP contribution in [0.1, 0.15) is 6.42 Å². The molecule has 0 aromatic rings. The lowest BCUT2D eigenvalue weighted by Crippen LogP contribution is -2.14. The van der Waals surface area contributed by atoms with Gasteiger partial charge in [-0.3, -0.25) is 0 Å². The fraction of sp³-hybridized carbons (Fsp3) is 1.00. The highest BCUT2D eigenvalue weighted by atomic mass is 16.7. The fourth-order valence-corrected chi connectivity index (χ4v) is 0.546. The van der Waals surface area contributed by atoms with Crippen LogP contribution in [0.3, 0.4) is 0 Å². The SMILES string of the molecule is COCCC(OC)OC. The van der Waals surface area contributed by atoms with Crippen LogP contribution in [0.4, 0.5) is 0 Å². The van der Waals surface area contributed by atoms with Crippen LogP contribution in [0.2, 0.25) is 0 Å². The number of methoxy groups -OCH3 is 3. The molecular formula is C6H14O3. The van der Waals surface area contributed by atoms with Crippen molar-refractivity contribution in [1.29, 1.82) is 0 Å². The van der Waals surface area contributed by atoms with Gasteiger partial charge in [0, 0.05) is 27.8 Å². The van der Waals surface area contributed by atoms with E-state index in [9.17, 15) is 0 Å². The Bertz CT molecular complexity index is 52.3. The molecule has 0 saturated heterocycles. The van der Waals surface area contributed by atoms with Crippen LogP contribution in [-0.2, 0) is 14.2 Å². The molecule has 0 spiro atoms. The number of hydrogen-bond donors (Lipinski definition) is 0. The second-order valence-corrected chi connectivity index (χ2v) is 1.68. The third-order valence-corrected chi connectivity index (χ3v) is 1.08. The second kappa shape index (κ2) is 6.01. The molecule has 0 N–H and O–H groups in total. The van der Waals surface area contributed by atoms with Gasteiger partial charge >= 0.3 is 0 Å². The lowest BCUT2D eigenvalue weighted by Gasteiger charge is -2.11. The van der Waals surface area contributed by atoms with Gasteiger partial charge in [0.15, 0.2) is 6.29 Å². The first-order valence-corrected chi connectivity index (χ1v) is 2.89. The van der Waals surface area contributed by atoms with E-state index in [1.54, 1.807) is 21.3 Å². The molecule has 0 aromatic heterocycles. The average Bonchev–Trinajstić information content (AvgIpc) is 1.91. The molecule has 0 bridgehead atoms. The van der Waals surface area contributed by atoms with Gasteiger partial charge in [-0.2, -0.15) is 0 Å². The number of rotatable bonds is 5. The summed E-state index contributed by atoms with van der Waals surface area (Å²) in [6, 6.07) is 0. The van der Waals surface area contributed by atoms with E-state index in [-0.39, 0.29) is 6.29 Å². The topological polar surface area (TPSA) is 27.7 Å². The fourth-order valence-electron chi connectivity index (χ4n) is 0.546. The third kappa shape index (κ3) is 4.39. The molecule has 9 heavy (non-hydrogen) atoms. The van der Waals surface area contributed by atoms with Crippen molar-refractivity contribution in [2.75, 3.05) is 27.9 Å². The predicted octanol–water partition coefficient (Wildman–Crippen LogP) is 0.642. The Morgan fingerprint density at radius 2 is 1.67 bits per heavy atom. The molecule has 0 rings (SSSR count). The molecule has 0 aliphatic carbocycles. The van der Waals surface area contributed by atoms with E-state index in [0.717, 1.165) is 6.42 Å². The van der Waals surface area contributed by atoms with E-state index in [1.165, 1.54) is 0 Å². The quantitative estimate of drug-likeness (QED) is 0.516. The van der Waals surface area contributed by atoms with Gasteiger partial charge in [-0.25, -0.2) is 0 Å². The first-order chi connectivity index (χ1) is 4.35. The van der Waals surface area contributed by atoms with Crippen molar-refractivity contribution >= 4 is 0 Å². The molecular weight excluding hydrogens is 120 g/mol. The van der Waals surface area contributed by atoms with Crippen molar-refractivity contribution in [3.05, 3.63) is 0 Å². The normalized spacial score (nSPS) is 10.7. The van der Waals surface area contributed by atoms with Gasteiger partial charge in [0.05, 0.1) is 6.61 Å². The molecule has 0 heterocycles. The Morgan fingerprint density at radius 1 is 1.11 bits per heavy atom. The molecule has 0 saturated carbocycles. The summed E-state index contributed by atoms with van der Waals surface area (Å²) in [5.74, 6) is 0. The Kier molecular flexibility index (Phi) is 5.93. The maximum atomic E-state index is 4.90. The minimum absolute atomic E-state index is 0.120. The van der Waals surface area contributed by atoms with Crippen molar-refractivity contribution in [2.24, 2.45) is 0 Å². The molecule has 3 heteroatoms. The van der Waals surface area contributed by atoms with Gasteiger partial charge in [-0.1, -0.05) is 0 Å². The van der Waals surface area contributed by atoms with Gasteiger partial charge in [0.25, 0.3) is 0 Å². The summed E-state index contributed by atoms with van der Waals surface area (Å²) in [5, 5.41) is 0. The highest BCUT2D eigenvalue weighted by Gasteiger charge is 2.01. The van der Waals surface area contributed by atoms with Gasteiger partial charge in [0.1, 0.15) is 0 Å². The van der Waals surface area contributed by atoms with Crippen LogP contribution in [0, 0.1) is 0 Å². The first kappa shape index (κ1) is 8.88. The molecule has 56 valence electrons. The van der Waals surface area contributed by atoms with E-state index in [1.807, 2.05) is 0 Å². The van der Waals surface area contributed by atoms with Gasteiger partial charge in [-0.05, 0) is 0 Å². The third-order valence-electron chi connectivity index (χ3n) is 1.08. The Labute approximate surface area is 55.9 Å². The maximum Gasteiger partial charge on any atom is 0.159 e. The monoisotopic (exact) mass is 134 g/mol. The van der Waals surface area contributed by atoms with Crippen molar-refractivity contribution in [3.63, 3.8) is 0 Å². The average molecular weight is 134 g/mol. The lowest BCUT2D eigenvalue weighted by atomic mass is 10.4. The molecule has 0 unspecified atom stereocenters. The van der Waals surface area contributed by atoms with Crippen molar-refractivity contribution in [1.82, 2.24) is 0 Å². The molecule has 0 atom stereocenters. The van der Waals surface area contributed by atoms with Gasteiger partial charge in [-0.15, -0.1) is 0 Å². The van der Waals surface area contributed by atoms with Crippen LogP contribution >= 0.6 is 0 Å². The van der Waals surface area contributed by atoms with Crippen molar-refractivity contribution < 1.29 is 14.2 Å². The molecule has 3 nitrogen and oxygen atoms in total. The summed E-state index contributed by atoms with van der Waals surface area (Å²) in [7, 11) is 4.88. The number of hydrogen-bond acceptors (Lipinski definition) is 3. The molecule has 0 aliphatic rings. The van der Waals surface area contributed by atoms with E-state index < -0.39 is 0 Å². The minimum Gasteiger partial charge on any atom is -0.384 e. The van der Waals surface area contributed by atoms with E-state index in [2.05, 4.69) is 0 Å². The summed E-state index contributed by atoms with van der Waals surface area (Å²) >= 11 is 0. The second-order valence-electron chi connectivity index (χ2n) is 1.68. The Morgan fingerprint density at radius 3 is 2.00 bits per heavy atom. The van der Waals surface area contributed by atoms with Crippen molar-refractivity contribution in [3.8, 4) is 0 Å². The largest absolute Gasteiger partial charge is 0.384 e. The highest BCUT2D eigenvalue weighted by Crippen LogP contribution is 1.96. The van der Waals surface area contributed by atoms with Crippen LogP contribution in [0.25, 0.3) is 0 Å². The van der Waals surface area contributed by atoms with E-state index in [4.69, 9.17) is 14.2 Å². The van der Waals surface area contributed by atoms with Gasteiger partial charge in [0.2, 0.25) is 0 Å². The first-order valence-electron chi connectivity index (χ1n) is 2.89. The minimum atomic E-state index is -0.120. The van der Waals surface area contributed by atoms with Crippen molar-refractivity contribution in [2.45, 2.75) is 12.7 Å². The van der Waals surface area contributed by atoms with Crippen LogP contribution < -0.4 is 0 Å². The summed E-state index contributed by atoms with van der Waals surface area (Å²) in [5.41, 5.74) is 0. The zero-order valence-corrected chi connectivity index (χ0v) is 6.22. The standard InChI is InChI=1S/C6H14O3/c1-7-5-4-6(8-2)9-3/h6H,4-5H2,1-3H3. The smallest absolute Gasteiger partial charge is 0.159 e. The summed E-state index contributed by atoms with van der Waals surface area (Å²) in [4.78, 5) is 0. The van der Waals surface area contributed by atoms with E-state index >= 15 is 0 Å². The lowest BCUT2D eigenvalue weighted by molar-refractivity contribution is -0.113. The molecule has 0 fully saturated rings. The summed E-state index contributed by atoms with van der Waals surface area (Å²) in [6.07, 6.45) is 0.661. The maximum absolute atomic E-state index is 4.90. The van der Waals surface area contributed by atoms with Crippen LogP contribution in [0.5, 0.6) is 0 Å². The van der Waals surface area contributed by atoms with Crippen LogP contribution in [-0.4, -0.2) is 34.2 Å². The van der Waals surface area contributed by atoms with Crippen LogP contribution in [0.15, 0.2) is 0 Å². The predicted molar refractivity (Wildman–Crippen MR) is 34.3 cm³/mol. The highest BCUT2D eigenvalue weighted by molar-refractivity contribution is 4.39. The summed E-state index contributed by atoms with van der Waals surface area (Å²) in [6.45, 7) is 0.673. The van der Waals surface area contributed by atoms with E-state index in [0.29, 0.717) is 6.61 Å². The summed E-state index contributed by atoms with van der Waals surface area (Å²) < 4.78 is 14.6. The van der Waals surface area contributed by atoms with Gasteiger partial charge < -0.3 is 14.2 Å². The zero-order valence-electron chi connectivity index (χ0n) is 6.22. The molecule has 0 aliphatic heterocycles.